The number of hydrogen-bond acceptors (Lipinski definition) is 7. The number of aldehydes is 1. The summed E-state index contributed by atoms with van der Waals surface area (Å²) in [6.07, 6.45) is 10.9. The first-order chi connectivity index (χ1) is 19.4. The fourth-order valence-electron chi connectivity index (χ4n) is 6.51. The van der Waals surface area contributed by atoms with Gasteiger partial charge in [-0.3, -0.25) is 14.4 Å². The van der Waals surface area contributed by atoms with Gasteiger partial charge in [0.1, 0.15) is 18.5 Å². The summed E-state index contributed by atoms with van der Waals surface area (Å²) < 4.78 is 11.8. The molecule has 4 rings (SSSR count). The van der Waals surface area contributed by atoms with E-state index in [1.807, 2.05) is 4.90 Å². The zero-order valence-corrected chi connectivity index (χ0v) is 23.8. The van der Waals surface area contributed by atoms with E-state index in [4.69, 9.17) is 9.47 Å². The molecule has 1 fully saturated rings. The van der Waals surface area contributed by atoms with Gasteiger partial charge in [-0.15, -0.1) is 0 Å². The van der Waals surface area contributed by atoms with Gasteiger partial charge in [-0.2, -0.15) is 0 Å². The molecule has 220 valence electrons. The molecule has 1 heterocycles. The number of amides is 2. The molecular weight excluding hydrogens is 512 g/mol. The Kier molecular flexibility index (Phi) is 10.6. The van der Waals surface area contributed by atoms with Gasteiger partial charge in [-0.05, 0) is 37.5 Å². The van der Waals surface area contributed by atoms with Crippen LogP contribution in [0.5, 0.6) is 11.5 Å². The van der Waals surface area contributed by atoms with Crippen molar-refractivity contribution in [3.05, 3.63) is 34.9 Å². The highest BCUT2D eigenvalue weighted by molar-refractivity contribution is 5.96. The summed E-state index contributed by atoms with van der Waals surface area (Å²) in [5, 5.41) is 23.9. The van der Waals surface area contributed by atoms with Crippen molar-refractivity contribution in [3.63, 3.8) is 0 Å². The molecule has 9 nitrogen and oxygen atoms in total. The van der Waals surface area contributed by atoms with Gasteiger partial charge in [0.2, 0.25) is 11.8 Å². The second kappa shape index (κ2) is 14.1. The van der Waals surface area contributed by atoms with E-state index in [2.05, 4.69) is 12.2 Å². The Morgan fingerprint density at radius 2 is 1.90 bits per heavy atom. The summed E-state index contributed by atoms with van der Waals surface area (Å²) >= 11 is 0. The van der Waals surface area contributed by atoms with Crippen molar-refractivity contribution in [1.29, 1.82) is 0 Å². The molecule has 1 aromatic carbocycles. The third kappa shape index (κ3) is 6.36. The van der Waals surface area contributed by atoms with Crippen molar-refractivity contribution >= 4 is 18.1 Å². The number of aliphatic hydroxyl groups is 2. The van der Waals surface area contributed by atoms with Gasteiger partial charge in [0.15, 0.2) is 11.5 Å². The van der Waals surface area contributed by atoms with Gasteiger partial charge >= 0.3 is 0 Å². The highest BCUT2D eigenvalue weighted by Gasteiger charge is 2.52. The SMILES string of the molecule is CCCCCCCC(=O)N(C1CCCCC1)[C@@H]1C=C(C(=O)NCCO)[C@@H]2c3cc(C=O)cc(OC)c3O[C@@H]2[C@H]1O. The molecule has 0 bridgehead atoms. The number of carbonyl (C=O) groups excluding carboxylic acids is 3. The third-order valence-corrected chi connectivity index (χ3v) is 8.48. The van der Waals surface area contributed by atoms with E-state index in [0.29, 0.717) is 40.9 Å². The minimum Gasteiger partial charge on any atom is -0.493 e. The maximum atomic E-state index is 13.8. The lowest BCUT2D eigenvalue weighted by Gasteiger charge is -2.45. The zero-order chi connectivity index (χ0) is 28.6. The normalized spacial score (nSPS) is 23.9. The smallest absolute Gasteiger partial charge is 0.247 e. The van der Waals surface area contributed by atoms with Gasteiger partial charge in [0.25, 0.3) is 0 Å². The Morgan fingerprint density at radius 3 is 2.58 bits per heavy atom. The molecular formula is C31H44N2O7. The predicted molar refractivity (Wildman–Crippen MR) is 151 cm³/mol. The average molecular weight is 557 g/mol. The average Bonchev–Trinajstić information content (AvgIpc) is 3.37. The van der Waals surface area contributed by atoms with Gasteiger partial charge in [-0.25, -0.2) is 0 Å². The van der Waals surface area contributed by atoms with Gasteiger partial charge in [0, 0.05) is 35.7 Å². The number of carbonyl (C=O) groups is 3. The number of methoxy groups -OCH3 is 1. The molecule has 40 heavy (non-hydrogen) atoms. The van der Waals surface area contributed by atoms with Crippen LogP contribution in [0.2, 0.25) is 0 Å². The Balaban J connectivity index is 1.73. The molecule has 2 amide bonds. The van der Waals surface area contributed by atoms with Crippen molar-refractivity contribution in [2.24, 2.45) is 0 Å². The van der Waals surface area contributed by atoms with Crippen LogP contribution in [0.25, 0.3) is 0 Å². The maximum Gasteiger partial charge on any atom is 0.247 e. The van der Waals surface area contributed by atoms with Gasteiger partial charge in [0.05, 0.1) is 25.7 Å². The number of nitrogens with one attached hydrogen (secondary N) is 1. The molecule has 1 saturated carbocycles. The predicted octanol–water partition coefficient (Wildman–Crippen LogP) is 3.65. The number of fused-ring (bicyclic) bond motifs is 3. The highest BCUT2D eigenvalue weighted by atomic mass is 16.5. The summed E-state index contributed by atoms with van der Waals surface area (Å²) in [6.45, 7) is 2.00. The minimum atomic E-state index is -1.10. The van der Waals surface area contributed by atoms with Crippen LogP contribution in [0.1, 0.15) is 99.4 Å². The van der Waals surface area contributed by atoms with E-state index in [-0.39, 0.29) is 25.1 Å². The first kappa shape index (κ1) is 30.1. The van der Waals surface area contributed by atoms with E-state index in [1.54, 1.807) is 18.2 Å². The van der Waals surface area contributed by atoms with E-state index < -0.39 is 30.1 Å². The second-order valence-electron chi connectivity index (χ2n) is 11.2. The summed E-state index contributed by atoms with van der Waals surface area (Å²) in [7, 11) is 1.48. The number of aliphatic hydroxyl groups excluding tert-OH is 2. The molecule has 1 aromatic rings. The van der Waals surface area contributed by atoms with Crippen molar-refractivity contribution in [2.75, 3.05) is 20.3 Å². The van der Waals surface area contributed by atoms with E-state index in [1.165, 1.54) is 7.11 Å². The molecule has 3 aliphatic rings. The van der Waals surface area contributed by atoms with Crippen molar-refractivity contribution in [1.82, 2.24) is 10.2 Å². The molecule has 1 aliphatic heterocycles. The fourth-order valence-corrected chi connectivity index (χ4v) is 6.51. The first-order valence-corrected chi connectivity index (χ1v) is 14.9. The number of unbranched alkanes of at least 4 members (excludes halogenated alkanes) is 4. The van der Waals surface area contributed by atoms with Crippen LogP contribution >= 0.6 is 0 Å². The molecule has 3 N–H and O–H groups in total. The van der Waals surface area contributed by atoms with Gasteiger partial charge < -0.3 is 29.9 Å². The molecule has 0 unspecified atom stereocenters. The lowest BCUT2D eigenvalue weighted by Crippen LogP contribution is -2.58. The quantitative estimate of drug-likeness (QED) is 0.250. The van der Waals surface area contributed by atoms with Crippen LogP contribution < -0.4 is 14.8 Å². The van der Waals surface area contributed by atoms with Crippen molar-refractivity contribution in [3.8, 4) is 11.5 Å². The lowest BCUT2D eigenvalue weighted by atomic mass is 9.76. The van der Waals surface area contributed by atoms with Crippen LogP contribution in [-0.4, -0.2) is 77.8 Å². The third-order valence-electron chi connectivity index (χ3n) is 8.48. The molecule has 2 aliphatic carbocycles. The molecule has 9 heteroatoms. The number of rotatable bonds is 13. The lowest BCUT2D eigenvalue weighted by molar-refractivity contribution is -0.141. The van der Waals surface area contributed by atoms with Crippen molar-refractivity contribution < 1.29 is 34.1 Å². The summed E-state index contributed by atoms with van der Waals surface area (Å²) in [5.74, 6) is -0.335. The number of nitrogens with zero attached hydrogens (tertiary/aromatic N) is 1. The van der Waals surface area contributed by atoms with E-state index in [9.17, 15) is 24.6 Å². The maximum absolute atomic E-state index is 13.8. The van der Waals surface area contributed by atoms with Crippen LogP contribution in [0.3, 0.4) is 0 Å². The van der Waals surface area contributed by atoms with E-state index in [0.717, 1.165) is 64.2 Å². The van der Waals surface area contributed by atoms with Crippen LogP contribution in [0.15, 0.2) is 23.8 Å². The Hall–Kier alpha value is -2.91. The molecule has 0 aromatic heterocycles. The van der Waals surface area contributed by atoms with E-state index >= 15 is 0 Å². The molecule has 4 atom stereocenters. The number of benzene rings is 1. The Bertz CT molecular complexity index is 1080. The Morgan fingerprint density at radius 1 is 1.15 bits per heavy atom. The fraction of sp³-hybridized carbons (Fsp3) is 0.645. The second-order valence-corrected chi connectivity index (χ2v) is 11.2. The first-order valence-electron chi connectivity index (χ1n) is 14.9. The van der Waals surface area contributed by atoms with Crippen LogP contribution in [0, 0.1) is 0 Å². The summed E-state index contributed by atoms with van der Waals surface area (Å²) in [6, 6.07) is 2.47. The Labute approximate surface area is 236 Å². The van der Waals surface area contributed by atoms with Gasteiger partial charge in [-0.1, -0.05) is 51.9 Å². The largest absolute Gasteiger partial charge is 0.493 e. The number of ether oxygens (including phenoxy) is 2. The molecule has 0 radical (unpaired) electrons. The summed E-state index contributed by atoms with van der Waals surface area (Å²) in [4.78, 5) is 40.8. The van der Waals surface area contributed by atoms with Crippen LogP contribution in [-0.2, 0) is 9.59 Å². The number of hydrogen-bond donors (Lipinski definition) is 3. The highest BCUT2D eigenvalue weighted by Crippen LogP contribution is 2.51. The summed E-state index contributed by atoms with van der Waals surface area (Å²) in [5.41, 5.74) is 1.31. The van der Waals surface area contributed by atoms with Crippen LogP contribution in [0.4, 0.5) is 0 Å². The monoisotopic (exact) mass is 556 g/mol. The molecule has 0 saturated heterocycles. The standard InChI is InChI=1S/C31H44N2O7/c1-3-4-5-6-10-13-26(36)33(21-11-8-7-9-12-21)24-18-23(31(38)32-14-15-34)27-22-16-20(19-35)17-25(39-2)29(22)40-30(27)28(24)37/h16-19,21,24,27-28,30,34,37H,3-15H2,1-2H3,(H,32,38)/t24-,27+,28+,30+/m1/s1. The van der Waals surface area contributed by atoms with Crippen molar-refractivity contribution in [2.45, 2.75) is 108 Å². The molecule has 0 spiro atoms. The minimum absolute atomic E-state index is 0.00593. The zero-order valence-electron chi connectivity index (χ0n) is 23.8. The topological polar surface area (TPSA) is 125 Å².